The van der Waals surface area contributed by atoms with Crippen molar-refractivity contribution in [2.45, 2.75) is 44.9 Å². The average Bonchev–Trinajstić information content (AvgIpc) is 2.18. The highest BCUT2D eigenvalue weighted by Crippen LogP contribution is 2.21. The molecular weight excluding hydrogens is 186 g/mol. The third-order valence-corrected chi connectivity index (χ3v) is 3.00. The first-order valence-corrected chi connectivity index (χ1v) is 5.67. The van der Waals surface area contributed by atoms with Gasteiger partial charge in [0.2, 0.25) is 0 Å². The second-order valence-electron chi connectivity index (χ2n) is 4.67. The van der Waals surface area contributed by atoms with Crippen LogP contribution in [0.3, 0.4) is 0 Å². The molecule has 1 aliphatic rings. The molecule has 0 saturated carbocycles. The molecule has 2 rings (SSSR count). The summed E-state index contributed by atoms with van der Waals surface area (Å²) >= 11 is 0. The fourth-order valence-corrected chi connectivity index (χ4v) is 2.29. The van der Waals surface area contributed by atoms with Gasteiger partial charge in [0.05, 0.1) is 6.10 Å². The topological polar surface area (TPSA) is 32.3 Å². The number of aliphatic hydroxyl groups excluding tert-OH is 1. The minimum absolute atomic E-state index is 0.208. The fraction of sp³-hybridized carbons (Fsp3) is 0.538. The summed E-state index contributed by atoms with van der Waals surface area (Å²) in [7, 11) is 0. The summed E-state index contributed by atoms with van der Waals surface area (Å²) in [6.45, 7) is 4.24. The molecule has 0 aliphatic heterocycles. The lowest BCUT2D eigenvalue weighted by atomic mass is 9.86. The Balaban J connectivity index is 2.14. The van der Waals surface area contributed by atoms with Crippen LogP contribution < -0.4 is 5.32 Å². The van der Waals surface area contributed by atoms with Gasteiger partial charge in [0.15, 0.2) is 0 Å². The van der Waals surface area contributed by atoms with Gasteiger partial charge in [-0.1, -0.05) is 38.1 Å². The molecule has 0 bridgehead atoms. The number of aliphatic hydroxyl groups is 1. The molecular formula is C13H19NO. The molecule has 1 aliphatic carbocycles. The van der Waals surface area contributed by atoms with E-state index < -0.39 is 0 Å². The lowest BCUT2D eigenvalue weighted by molar-refractivity contribution is 0.115. The van der Waals surface area contributed by atoms with Crippen molar-refractivity contribution < 1.29 is 5.11 Å². The van der Waals surface area contributed by atoms with E-state index in [1.165, 1.54) is 11.1 Å². The summed E-state index contributed by atoms with van der Waals surface area (Å²) in [6.07, 6.45) is 1.47. The van der Waals surface area contributed by atoms with E-state index in [1.807, 2.05) is 6.07 Å². The van der Waals surface area contributed by atoms with E-state index in [4.69, 9.17) is 0 Å². The molecule has 2 atom stereocenters. The lowest BCUT2D eigenvalue weighted by Gasteiger charge is -2.31. The van der Waals surface area contributed by atoms with E-state index in [0.29, 0.717) is 6.04 Å². The molecule has 82 valence electrons. The predicted molar refractivity (Wildman–Crippen MR) is 61.9 cm³/mol. The zero-order valence-electron chi connectivity index (χ0n) is 9.40. The quantitative estimate of drug-likeness (QED) is 0.767. The number of hydrogen-bond acceptors (Lipinski definition) is 2. The number of fused-ring (bicyclic) bond motifs is 1. The Morgan fingerprint density at radius 1 is 1.20 bits per heavy atom. The minimum Gasteiger partial charge on any atom is -0.391 e. The van der Waals surface area contributed by atoms with Crippen LogP contribution in [0.15, 0.2) is 24.3 Å². The van der Waals surface area contributed by atoms with E-state index in [2.05, 4.69) is 37.4 Å². The van der Waals surface area contributed by atoms with E-state index in [0.717, 1.165) is 12.8 Å². The van der Waals surface area contributed by atoms with Crippen LogP contribution in [-0.4, -0.2) is 23.3 Å². The molecule has 2 nitrogen and oxygen atoms in total. The monoisotopic (exact) mass is 205 g/mol. The molecule has 0 spiro atoms. The molecule has 0 amide bonds. The maximum Gasteiger partial charge on any atom is 0.0736 e. The Morgan fingerprint density at radius 3 is 2.40 bits per heavy atom. The Hall–Kier alpha value is -0.860. The third-order valence-electron chi connectivity index (χ3n) is 3.00. The first-order valence-electron chi connectivity index (χ1n) is 5.67. The third kappa shape index (κ3) is 2.39. The van der Waals surface area contributed by atoms with Crippen molar-refractivity contribution in [3.8, 4) is 0 Å². The first kappa shape index (κ1) is 10.7. The maximum absolute atomic E-state index is 10.0. The van der Waals surface area contributed by atoms with Gasteiger partial charge in [-0.2, -0.15) is 0 Å². The Kier molecular flexibility index (Phi) is 3.08. The van der Waals surface area contributed by atoms with Gasteiger partial charge in [-0.15, -0.1) is 0 Å². The fourth-order valence-electron chi connectivity index (χ4n) is 2.29. The van der Waals surface area contributed by atoms with E-state index in [-0.39, 0.29) is 12.1 Å². The molecule has 0 saturated heterocycles. The number of hydrogen-bond donors (Lipinski definition) is 2. The molecule has 1 aromatic rings. The van der Waals surface area contributed by atoms with Crippen molar-refractivity contribution in [1.82, 2.24) is 5.32 Å². The van der Waals surface area contributed by atoms with Crippen LogP contribution in [0.4, 0.5) is 0 Å². The molecule has 2 heteroatoms. The van der Waals surface area contributed by atoms with Crippen molar-refractivity contribution >= 4 is 0 Å². The van der Waals surface area contributed by atoms with Crippen molar-refractivity contribution in [2.75, 3.05) is 0 Å². The minimum atomic E-state index is -0.248. The summed E-state index contributed by atoms with van der Waals surface area (Å²) in [5.74, 6) is 0. The molecule has 15 heavy (non-hydrogen) atoms. The molecule has 0 heterocycles. The number of benzene rings is 1. The zero-order valence-corrected chi connectivity index (χ0v) is 9.40. The van der Waals surface area contributed by atoms with Gasteiger partial charge >= 0.3 is 0 Å². The van der Waals surface area contributed by atoms with Crippen LogP contribution in [0.5, 0.6) is 0 Å². The molecule has 0 aromatic heterocycles. The second kappa shape index (κ2) is 4.33. The molecule has 2 N–H and O–H groups in total. The highest BCUT2D eigenvalue weighted by atomic mass is 16.3. The van der Waals surface area contributed by atoms with Crippen LogP contribution in [0, 0.1) is 0 Å². The summed E-state index contributed by atoms with van der Waals surface area (Å²) in [4.78, 5) is 0. The highest BCUT2D eigenvalue weighted by molar-refractivity contribution is 5.31. The Labute approximate surface area is 91.3 Å². The van der Waals surface area contributed by atoms with Gasteiger partial charge in [-0.3, -0.25) is 0 Å². The van der Waals surface area contributed by atoms with Gasteiger partial charge in [0.1, 0.15) is 0 Å². The van der Waals surface area contributed by atoms with Gasteiger partial charge in [0.25, 0.3) is 0 Å². The molecule has 0 fully saturated rings. The number of rotatable bonds is 2. The van der Waals surface area contributed by atoms with Crippen LogP contribution in [0.1, 0.15) is 25.0 Å². The van der Waals surface area contributed by atoms with E-state index in [9.17, 15) is 5.11 Å². The van der Waals surface area contributed by atoms with Crippen LogP contribution >= 0.6 is 0 Å². The van der Waals surface area contributed by atoms with Gasteiger partial charge in [-0.25, -0.2) is 0 Å². The summed E-state index contributed by atoms with van der Waals surface area (Å²) < 4.78 is 0. The SMILES string of the molecule is CC(C)NC1Cc2ccccc2CC1O. The van der Waals surface area contributed by atoms with Crippen molar-refractivity contribution in [3.05, 3.63) is 35.4 Å². The molecule has 2 unspecified atom stereocenters. The predicted octanol–water partition coefficient (Wildman–Crippen LogP) is 1.51. The normalized spacial score (nSPS) is 25.3. The second-order valence-corrected chi connectivity index (χ2v) is 4.67. The van der Waals surface area contributed by atoms with Gasteiger partial charge < -0.3 is 10.4 Å². The van der Waals surface area contributed by atoms with Crippen molar-refractivity contribution in [3.63, 3.8) is 0 Å². The zero-order chi connectivity index (χ0) is 10.8. The van der Waals surface area contributed by atoms with E-state index in [1.54, 1.807) is 0 Å². The van der Waals surface area contributed by atoms with E-state index >= 15 is 0 Å². The van der Waals surface area contributed by atoms with Gasteiger partial charge in [-0.05, 0) is 17.5 Å². The maximum atomic E-state index is 10.0. The van der Waals surface area contributed by atoms with Crippen molar-refractivity contribution in [2.24, 2.45) is 0 Å². The Bertz CT molecular complexity index is 335. The molecule has 1 aromatic carbocycles. The summed E-state index contributed by atoms with van der Waals surface area (Å²) in [5, 5.41) is 13.4. The smallest absolute Gasteiger partial charge is 0.0736 e. The standard InChI is InChI=1S/C13H19NO/c1-9(2)14-12-7-10-5-3-4-6-11(10)8-13(12)15/h3-6,9,12-15H,7-8H2,1-2H3. The number of nitrogens with one attached hydrogen (secondary N) is 1. The molecule has 0 radical (unpaired) electrons. The van der Waals surface area contributed by atoms with Crippen molar-refractivity contribution in [1.29, 1.82) is 0 Å². The largest absolute Gasteiger partial charge is 0.391 e. The first-order chi connectivity index (χ1) is 7.16. The van der Waals surface area contributed by atoms with Crippen LogP contribution in [0.25, 0.3) is 0 Å². The van der Waals surface area contributed by atoms with Gasteiger partial charge in [0, 0.05) is 18.5 Å². The summed E-state index contributed by atoms with van der Waals surface area (Å²) in [6, 6.07) is 9.03. The highest BCUT2D eigenvalue weighted by Gasteiger charge is 2.26. The lowest BCUT2D eigenvalue weighted by Crippen LogP contribution is -2.48. The van der Waals surface area contributed by atoms with Crippen LogP contribution in [0.2, 0.25) is 0 Å². The van der Waals surface area contributed by atoms with Crippen LogP contribution in [-0.2, 0) is 12.8 Å². The average molecular weight is 205 g/mol. The summed E-state index contributed by atoms with van der Waals surface area (Å²) in [5.41, 5.74) is 2.67. The Morgan fingerprint density at radius 2 is 1.80 bits per heavy atom.